The third-order valence-corrected chi connectivity index (χ3v) is 3.29. The lowest BCUT2D eigenvalue weighted by atomic mass is 10.1. The maximum Gasteiger partial charge on any atom is 0.138 e. The van der Waals surface area contributed by atoms with Gasteiger partial charge in [-0.2, -0.15) is 0 Å². The second-order valence-electron chi connectivity index (χ2n) is 4.41. The van der Waals surface area contributed by atoms with Crippen molar-refractivity contribution < 1.29 is 5.11 Å². The van der Waals surface area contributed by atoms with Gasteiger partial charge in [0.1, 0.15) is 5.75 Å². The van der Waals surface area contributed by atoms with Gasteiger partial charge in [0.25, 0.3) is 0 Å². The number of piperazine rings is 1. The minimum absolute atomic E-state index is 0.399. The summed E-state index contributed by atoms with van der Waals surface area (Å²) in [6.07, 6.45) is 0. The molecule has 0 aliphatic carbocycles. The van der Waals surface area contributed by atoms with Crippen LogP contribution >= 0.6 is 0 Å². The van der Waals surface area contributed by atoms with Crippen LogP contribution in [0.2, 0.25) is 0 Å². The Kier molecular flexibility index (Phi) is 3.34. The number of phenolic OH excluding ortho intramolecular Hbond substituents is 1. The molecule has 0 radical (unpaired) electrons. The largest absolute Gasteiger partial charge is 0.506 e. The number of rotatable bonds is 2. The molecule has 0 saturated carbocycles. The first-order chi connectivity index (χ1) is 7.70. The maximum atomic E-state index is 9.86. The van der Waals surface area contributed by atoms with Crippen molar-refractivity contribution in [3.8, 4) is 5.75 Å². The molecule has 1 aromatic rings. The van der Waals surface area contributed by atoms with Crippen molar-refractivity contribution in [2.75, 3.05) is 37.6 Å². The molecular weight excluding hydrogens is 200 g/mol. The number of hydrogen-bond donors (Lipinski definition) is 1. The normalized spacial score (nSPS) is 17.8. The Labute approximate surface area is 97.3 Å². The fourth-order valence-corrected chi connectivity index (χ4v) is 2.19. The topological polar surface area (TPSA) is 26.7 Å². The summed E-state index contributed by atoms with van der Waals surface area (Å²) in [4.78, 5) is 4.71. The molecule has 1 heterocycles. The zero-order valence-electron chi connectivity index (χ0n) is 10.1. The van der Waals surface area contributed by atoms with Crippen molar-refractivity contribution in [3.05, 3.63) is 23.8 Å². The van der Waals surface area contributed by atoms with E-state index in [0.29, 0.717) is 5.75 Å². The summed E-state index contributed by atoms with van der Waals surface area (Å²) in [5.41, 5.74) is 2.18. The van der Waals surface area contributed by atoms with Crippen LogP contribution in [-0.4, -0.2) is 42.7 Å². The Balaban J connectivity index is 2.10. The van der Waals surface area contributed by atoms with Gasteiger partial charge in [0.15, 0.2) is 0 Å². The molecule has 0 spiro atoms. The molecule has 0 atom stereocenters. The van der Waals surface area contributed by atoms with E-state index in [1.54, 1.807) is 6.07 Å². The average Bonchev–Trinajstić information content (AvgIpc) is 2.32. The van der Waals surface area contributed by atoms with E-state index in [2.05, 4.69) is 29.7 Å². The first-order valence-electron chi connectivity index (χ1n) is 5.97. The highest BCUT2D eigenvalue weighted by Crippen LogP contribution is 2.28. The second-order valence-corrected chi connectivity index (χ2v) is 4.41. The third kappa shape index (κ3) is 2.30. The van der Waals surface area contributed by atoms with Crippen LogP contribution in [0.1, 0.15) is 12.5 Å². The van der Waals surface area contributed by atoms with Gasteiger partial charge in [-0.15, -0.1) is 0 Å². The number of nitrogens with zero attached hydrogens (tertiary/aromatic N) is 2. The second kappa shape index (κ2) is 4.74. The van der Waals surface area contributed by atoms with Gasteiger partial charge < -0.3 is 14.9 Å². The van der Waals surface area contributed by atoms with E-state index in [9.17, 15) is 5.11 Å². The summed E-state index contributed by atoms with van der Waals surface area (Å²) in [5, 5.41) is 9.86. The van der Waals surface area contributed by atoms with Gasteiger partial charge in [-0.3, -0.25) is 0 Å². The van der Waals surface area contributed by atoms with E-state index in [-0.39, 0.29) is 0 Å². The summed E-state index contributed by atoms with van der Waals surface area (Å²) in [7, 11) is 0. The smallest absolute Gasteiger partial charge is 0.138 e. The summed E-state index contributed by atoms with van der Waals surface area (Å²) < 4.78 is 0. The predicted octanol–water partition coefficient (Wildman–Crippen LogP) is 1.84. The van der Waals surface area contributed by atoms with Crippen LogP contribution in [-0.2, 0) is 0 Å². The molecule has 1 aromatic carbocycles. The highest BCUT2D eigenvalue weighted by atomic mass is 16.3. The zero-order valence-corrected chi connectivity index (χ0v) is 10.1. The van der Waals surface area contributed by atoms with Crippen molar-refractivity contribution in [2.45, 2.75) is 13.8 Å². The van der Waals surface area contributed by atoms with E-state index in [1.807, 2.05) is 6.07 Å². The Hall–Kier alpha value is -1.22. The van der Waals surface area contributed by atoms with E-state index in [0.717, 1.165) is 38.4 Å². The lowest BCUT2D eigenvalue weighted by Gasteiger charge is -2.35. The van der Waals surface area contributed by atoms with Gasteiger partial charge in [0.05, 0.1) is 5.69 Å². The first kappa shape index (κ1) is 11.3. The molecule has 1 saturated heterocycles. The Morgan fingerprint density at radius 3 is 2.50 bits per heavy atom. The van der Waals surface area contributed by atoms with Gasteiger partial charge >= 0.3 is 0 Å². The van der Waals surface area contributed by atoms with Gasteiger partial charge in [0, 0.05) is 26.2 Å². The fraction of sp³-hybridized carbons (Fsp3) is 0.538. The van der Waals surface area contributed by atoms with Gasteiger partial charge in [-0.25, -0.2) is 0 Å². The van der Waals surface area contributed by atoms with Crippen LogP contribution in [0.15, 0.2) is 18.2 Å². The zero-order chi connectivity index (χ0) is 11.5. The first-order valence-corrected chi connectivity index (χ1v) is 5.97. The standard InChI is InChI=1S/C13H20N2O/c1-3-14-6-8-15(9-7-14)12-10-11(2)4-5-13(12)16/h4-5,10,16H,3,6-9H2,1-2H3. The van der Waals surface area contributed by atoms with E-state index >= 15 is 0 Å². The number of phenols is 1. The van der Waals surface area contributed by atoms with E-state index in [1.165, 1.54) is 5.56 Å². The summed E-state index contributed by atoms with van der Waals surface area (Å²) in [5.74, 6) is 0.399. The van der Waals surface area contributed by atoms with E-state index in [4.69, 9.17) is 0 Å². The molecule has 3 heteroatoms. The predicted molar refractivity (Wildman–Crippen MR) is 67.2 cm³/mol. The summed E-state index contributed by atoms with van der Waals surface area (Å²) >= 11 is 0. The molecule has 1 aliphatic heterocycles. The highest BCUT2D eigenvalue weighted by molar-refractivity contribution is 5.59. The minimum atomic E-state index is 0.399. The molecule has 3 nitrogen and oxygen atoms in total. The molecule has 88 valence electrons. The molecule has 1 fully saturated rings. The molecule has 0 aromatic heterocycles. The highest BCUT2D eigenvalue weighted by Gasteiger charge is 2.17. The number of hydrogen-bond acceptors (Lipinski definition) is 3. The van der Waals surface area contributed by atoms with Crippen LogP contribution in [0.3, 0.4) is 0 Å². The molecular formula is C13H20N2O. The quantitative estimate of drug-likeness (QED) is 0.824. The molecule has 1 N–H and O–H groups in total. The maximum absolute atomic E-state index is 9.86. The fourth-order valence-electron chi connectivity index (χ4n) is 2.19. The molecule has 16 heavy (non-hydrogen) atoms. The lowest BCUT2D eigenvalue weighted by Crippen LogP contribution is -2.46. The minimum Gasteiger partial charge on any atom is -0.506 e. The summed E-state index contributed by atoms with van der Waals surface area (Å²) in [6, 6.07) is 5.80. The number of likely N-dealkylation sites (N-methyl/N-ethyl adjacent to an activating group) is 1. The van der Waals surface area contributed by atoms with Crippen LogP contribution < -0.4 is 4.90 Å². The van der Waals surface area contributed by atoms with Crippen LogP contribution in [0, 0.1) is 6.92 Å². The number of anilines is 1. The molecule has 2 rings (SSSR count). The molecule has 0 amide bonds. The molecule has 0 bridgehead atoms. The van der Waals surface area contributed by atoms with Crippen molar-refractivity contribution in [1.29, 1.82) is 0 Å². The third-order valence-electron chi connectivity index (χ3n) is 3.29. The van der Waals surface area contributed by atoms with Crippen molar-refractivity contribution in [3.63, 3.8) is 0 Å². The lowest BCUT2D eigenvalue weighted by molar-refractivity contribution is 0.270. The molecule has 0 unspecified atom stereocenters. The SMILES string of the molecule is CCN1CCN(c2cc(C)ccc2O)CC1. The van der Waals surface area contributed by atoms with Crippen LogP contribution in [0.25, 0.3) is 0 Å². The van der Waals surface area contributed by atoms with Gasteiger partial charge in [-0.1, -0.05) is 13.0 Å². The van der Waals surface area contributed by atoms with Crippen molar-refractivity contribution in [1.82, 2.24) is 4.90 Å². The van der Waals surface area contributed by atoms with E-state index < -0.39 is 0 Å². The molecule has 1 aliphatic rings. The Morgan fingerprint density at radius 2 is 1.88 bits per heavy atom. The monoisotopic (exact) mass is 220 g/mol. The van der Waals surface area contributed by atoms with Gasteiger partial charge in [-0.05, 0) is 31.2 Å². The van der Waals surface area contributed by atoms with Crippen LogP contribution in [0.4, 0.5) is 5.69 Å². The number of aromatic hydroxyl groups is 1. The van der Waals surface area contributed by atoms with Crippen molar-refractivity contribution in [2.24, 2.45) is 0 Å². The van der Waals surface area contributed by atoms with Gasteiger partial charge in [0.2, 0.25) is 0 Å². The Bertz CT molecular complexity index is 357. The number of benzene rings is 1. The van der Waals surface area contributed by atoms with Crippen LogP contribution in [0.5, 0.6) is 5.75 Å². The Morgan fingerprint density at radius 1 is 1.19 bits per heavy atom. The number of aryl methyl sites for hydroxylation is 1. The van der Waals surface area contributed by atoms with Crippen molar-refractivity contribution >= 4 is 5.69 Å². The average molecular weight is 220 g/mol. The summed E-state index contributed by atoms with van der Waals surface area (Å²) in [6.45, 7) is 9.56.